The molecule has 0 aliphatic rings. The Morgan fingerprint density at radius 1 is 0.885 bits per heavy atom. The van der Waals surface area contributed by atoms with E-state index in [-0.39, 0.29) is 18.4 Å². The number of nitrogens with one attached hydrogen (secondary N) is 3. The van der Waals surface area contributed by atoms with Crippen LogP contribution in [0.25, 0.3) is 0 Å². The Labute approximate surface area is 153 Å². The number of carbonyl (C=O) groups excluding carboxylic acids is 2. The van der Waals surface area contributed by atoms with Gasteiger partial charge in [-0.05, 0) is 61.0 Å². The van der Waals surface area contributed by atoms with Crippen molar-refractivity contribution in [3.63, 3.8) is 0 Å². The molecular weight excluding hydrogens is 330 g/mol. The third-order valence-corrected chi connectivity index (χ3v) is 3.28. The third kappa shape index (κ3) is 6.68. The molecule has 0 heterocycles. The molecule has 0 radical (unpaired) electrons. The van der Waals surface area contributed by atoms with Crippen molar-refractivity contribution >= 4 is 28.9 Å². The summed E-state index contributed by atoms with van der Waals surface area (Å²) in [4.78, 5) is 23.0. The monoisotopic (exact) mass is 353 g/mol. The highest BCUT2D eigenvalue weighted by atomic mass is 16.5. The number of anilines is 3. The minimum absolute atomic E-state index is 0.124. The summed E-state index contributed by atoms with van der Waals surface area (Å²) in [5, 5.41) is 8.53. The van der Waals surface area contributed by atoms with Crippen LogP contribution < -0.4 is 20.7 Å². The summed E-state index contributed by atoms with van der Waals surface area (Å²) in [5.41, 5.74) is 3.14. The van der Waals surface area contributed by atoms with Gasteiger partial charge in [0.1, 0.15) is 12.4 Å². The van der Waals surface area contributed by atoms with Crippen LogP contribution in [0.1, 0.15) is 13.8 Å². The van der Waals surface area contributed by atoms with E-state index in [2.05, 4.69) is 22.5 Å². The van der Waals surface area contributed by atoms with Gasteiger partial charge in [-0.2, -0.15) is 0 Å². The van der Waals surface area contributed by atoms with Crippen LogP contribution in [0.15, 0.2) is 60.7 Å². The molecule has 0 aliphatic carbocycles. The maximum atomic E-state index is 12.0. The number of carbonyl (C=O) groups is 2. The molecule has 0 aromatic heterocycles. The third-order valence-electron chi connectivity index (χ3n) is 3.28. The molecule has 2 amide bonds. The second kappa shape index (κ2) is 9.27. The van der Waals surface area contributed by atoms with Crippen molar-refractivity contribution in [1.82, 2.24) is 0 Å². The van der Waals surface area contributed by atoms with Crippen molar-refractivity contribution in [2.45, 2.75) is 13.8 Å². The highest BCUT2D eigenvalue weighted by Gasteiger charge is 2.03. The Kier molecular flexibility index (Phi) is 6.79. The first-order valence-corrected chi connectivity index (χ1v) is 8.21. The molecule has 6 heteroatoms. The van der Waals surface area contributed by atoms with Crippen LogP contribution >= 0.6 is 0 Å². The maximum Gasteiger partial charge on any atom is 0.243 e. The van der Waals surface area contributed by atoms with Crippen LogP contribution in [-0.4, -0.2) is 25.0 Å². The van der Waals surface area contributed by atoms with E-state index in [4.69, 9.17) is 4.74 Å². The van der Waals surface area contributed by atoms with Gasteiger partial charge >= 0.3 is 0 Å². The summed E-state index contributed by atoms with van der Waals surface area (Å²) in [6.45, 7) is 7.74. The molecule has 0 atom stereocenters. The number of amides is 2. The molecule has 0 saturated carbocycles. The van der Waals surface area contributed by atoms with Gasteiger partial charge < -0.3 is 20.7 Å². The van der Waals surface area contributed by atoms with E-state index in [1.807, 2.05) is 6.92 Å². The molecule has 0 aliphatic heterocycles. The molecule has 0 unspecified atom stereocenters. The van der Waals surface area contributed by atoms with Gasteiger partial charge in [0.05, 0.1) is 6.54 Å². The zero-order valence-corrected chi connectivity index (χ0v) is 15.0. The summed E-state index contributed by atoms with van der Waals surface area (Å²) in [6, 6.07) is 14.3. The van der Waals surface area contributed by atoms with Crippen molar-refractivity contribution in [3.05, 3.63) is 60.7 Å². The second-order valence-corrected chi connectivity index (χ2v) is 5.93. The van der Waals surface area contributed by atoms with Crippen LogP contribution in [0.4, 0.5) is 17.1 Å². The number of ether oxygens (including phenoxy) is 1. The smallest absolute Gasteiger partial charge is 0.243 e. The van der Waals surface area contributed by atoms with E-state index in [1.165, 1.54) is 6.92 Å². The van der Waals surface area contributed by atoms with Crippen LogP contribution in [0.3, 0.4) is 0 Å². The zero-order chi connectivity index (χ0) is 18.9. The van der Waals surface area contributed by atoms with Gasteiger partial charge in [-0.3, -0.25) is 9.59 Å². The zero-order valence-electron chi connectivity index (χ0n) is 15.0. The largest absolute Gasteiger partial charge is 0.489 e. The first-order valence-electron chi connectivity index (χ1n) is 8.21. The summed E-state index contributed by atoms with van der Waals surface area (Å²) < 4.78 is 5.52. The summed E-state index contributed by atoms with van der Waals surface area (Å²) in [6.07, 6.45) is 0. The lowest BCUT2D eigenvalue weighted by Gasteiger charge is -2.10. The quantitative estimate of drug-likeness (QED) is 0.633. The predicted octanol–water partition coefficient (Wildman–Crippen LogP) is 3.65. The van der Waals surface area contributed by atoms with Gasteiger partial charge in [0.2, 0.25) is 11.8 Å². The van der Waals surface area contributed by atoms with E-state index in [0.717, 1.165) is 17.0 Å². The first kappa shape index (κ1) is 19.1. The molecule has 3 N–H and O–H groups in total. The molecular formula is C20H23N3O3. The first-order chi connectivity index (χ1) is 12.4. The van der Waals surface area contributed by atoms with Crippen LogP contribution in [0.2, 0.25) is 0 Å². The van der Waals surface area contributed by atoms with Crippen molar-refractivity contribution in [3.8, 4) is 5.75 Å². The molecule has 0 spiro atoms. The van der Waals surface area contributed by atoms with Crippen molar-refractivity contribution in [2.75, 3.05) is 29.1 Å². The van der Waals surface area contributed by atoms with E-state index in [1.54, 1.807) is 48.5 Å². The highest BCUT2D eigenvalue weighted by Crippen LogP contribution is 2.16. The van der Waals surface area contributed by atoms with Crippen molar-refractivity contribution in [1.29, 1.82) is 0 Å². The molecule has 2 aromatic carbocycles. The molecule has 0 saturated heterocycles. The molecule has 0 fully saturated rings. The minimum atomic E-state index is -0.161. The molecule has 0 bridgehead atoms. The van der Waals surface area contributed by atoms with E-state index in [9.17, 15) is 9.59 Å². The Morgan fingerprint density at radius 2 is 1.42 bits per heavy atom. The Morgan fingerprint density at radius 3 is 2.00 bits per heavy atom. The van der Waals surface area contributed by atoms with Gasteiger partial charge in [0.25, 0.3) is 0 Å². The maximum absolute atomic E-state index is 12.0. The van der Waals surface area contributed by atoms with Gasteiger partial charge in [-0.1, -0.05) is 6.58 Å². The fraction of sp³-hybridized carbons (Fsp3) is 0.200. The van der Waals surface area contributed by atoms with Gasteiger partial charge in [-0.25, -0.2) is 0 Å². The van der Waals surface area contributed by atoms with Crippen molar-refractivity contribution < 1.29 is 14.3 Å². The summed E-state index contributed by atoms with van der Waals surface area (Å²) in [7, 11) is 0. The number of hydrogen-bond donors (Lipinski definition) is 3. The number of hydrogen-bond acceptors (Lipinski definition) is 4. The molecule has 2 rings (SSSR count). The molecule has 136 valence electrons. The van der Waals surface area contributed by atoms with Gasteiger partial charge in [0, 0.05) is 24.0 Å². The minimum Gasteiger partial charge on any atom is -0.489 e. The fourth-order valence-corrected chi connectivity index (χ4v) is 2.10. The fourth-order valence-electron chi connectivity index (χ4n) is 2.10. The lowest BCUT2D eigenvalue weighted by molar-refractivity contribution is -0.115. The molecule has 2 aromatic rings. The standard InChI is InChI=1S/C20H23N3O3/c1-14(2)13-26-19-10-8-18(9-11-19)23-20(25)12-21-16-4-6-17(7-5-16)22-15(3)24/h4-11,21H,1,12-13H2,2-3H3,(H,22,24)(H,23,25). The van der Waals surface area contributed by atoms with Crippen LogP contribution in [-0.2, 0) is 9.59 Å². The predicted molar refractivity (Wildman–Crippen MR) is 105 cm³/mol. The number of benzene rings is 2. The van der Waals surface area contributed by atoms with Gasteiger partial charge in [0.15, 0.2) is 0 Å². The SMILES string of the molecule is C=C(C)COc1ccc(NC(=O)CNc2ccc(NC(C)=O)cc2)cc1. The van der Waals surface area contributed by atoms with E-state index in [0.29, 0.717) is 18.0 Å². The van der Waals surface area contributed by atoms with E-state index < -0.39 is 0 Å². The lowest BCUT2D eigenvalue weighted by Crippen LogP contribution is -2.21. The normalized spacial score (nSPS) is 9.92. The average molecular weight is 353 g/mol. The number of rotatable bonds is 8. The van der Waals surface area contributed by atoms with Gasteiger partial charge in [-0.15, -0.1) is 0 Å². The lowest BCUT2D eigenvalue weighted by atomic mass is 10.2. The van der Waals surface area contributed by atoms with Crippen molar-refractivity contribution in [2.24, 2.45) is 0 Å². The van der Waals surface area contributed by atoms with Crippen LogP contribution in [0.5, 0.6) is 5.75 Å². The summed E-state index contributed by atoms with van der Waals surface area (Å²) >= 11 is 0. The average Bonchev–Trinajstić information content (AvgIpc) is 2.60. The second-order valence-electron chi connectivity index (χ2n) is 5.93. The van der Waals surface area contributed by atoms with E-state index >= 15 is 0 Å². The molecule has 26 heavy (non-hydrogen) atoms. The Hall–Kier alpha value is -3.28. The Bertz CT molecular complexity index is 768. The highest BCUT2D eigenvalue weighted by molar-refractivity contribution is 5.94. The summed E-state index contributed by atoms with van der Waals surface area (Å²) in [5.74, 6) is 0.441. The Balaban J connectivity index is 1.79. The molecule has 6 nitrogen and oxygen atoms in total. The van der Waals surface area contributed by atoms with Crippen LogP contribution in [0, 0.1) is 0 Å². The topological polar surface area (TPSA) is 79.5 Å².